The number of aromatic nitrogens is 3. The van der Waals surface area contributed by atoms with Crippen molar-refractivity contribution < 1.29 is 5.11 Å². The summed E-state index contributed by atoms with van der Waals surface area (Å²) in [6, 6.07) is 0. The molecule has 0 saturated carbocycles. The maximum absolute atomic E-state index is 10.8. The van der Waals surface area contributed by atoms with Crippen LogP contribution in [0.5, 0.6) is 0 Å². The Hall–Kier alpha value is -1.43. The molecule has 0 bridgehead atoms. The lowest BCUT2D eigenvalue weighted by Crippen LogP contribution is -2.37. The molecular formula is C5H7N3O3. The summed E-state index contributed by atoms with van der Waals surface area (Å²) in [6.07, 6.45) is 1.17. The van der Waals surface area contributed by atoms with Crippen molar-refractivity contribution in [3.8, 4) is 0 Å². The van der Waals surface area contributed by atoms with Crippen LogP contribution in [0.2, 0.25) is 0 Å². The average molecular weight is 157 g/mol. The van der Waals surface area contributed by atoms with Gasteiger partial charge in [-0.1, -0.05) is 0 Å². The molecule has 1 heterocycles. The van der Waals surface area contributed by atoms with Crippen molar-refractivity contribution in [2.24, 2.45) is 0 Å². The van der Waals surface area contributed by atoms with E-state index in [0.717, 1.165) is 4.57 Å². The zero-order valence-electron chi connectivity index (χ0n) is 5.65. The van der Waals surface area contributed by atoms with Crippen molar-refractivity contribution in [1.82, 2.24) is 14.8 Å². The number of aromatic amines is 1. The van der Waals surface area contributed by atoms with Crippen molar-refractivity contribution in [3.05, 3.63) is 27.0 Å². The molecule has 11 heavy (non-hydrogen) atoms. The first kappa shape index (κ1) is 7.67. The summed E-state index contributed by atoms with van der Waals surface area (Å²) in [6.45, 7) is -0.0964. The maximum Gasteiger partial charge on any atom is 0.330 e. The molecule has 0 amide bonds. The summed E-state index contributed by atoms with van der Waals surface area (Å²) >= 11 is 0. The summed E-state index contributed by atoms with van der Waals surface area (Å²) in [5.74, 6) is 0. The van der Waals surface area contributed by atoms with E-state index in [2.05, 4.69) is 5.10 Å². The molecule has 6 heteroatoms. The second-order valence-electron chi connectivity index (χ2n) is 1.91. The number of aliphatic hydroxyl groups is 1. The molecule has 6 nitrogen and oxygen atoms in total. The Morgan fingerprint density at radius 3 is 3.00 bits per heavy atom. The van der Waals surface area contributed by atoms with Crippen molar-refractivity contribution in [1.29, 1.82) is 0 Å². The van der Waals surface area contributed by atoms with E-state index >= 15 is 0 Å². The second kappa shape index (κ2) is 3.11. The van der Waals surface area contributed by atoms with E-state index in [9.17, 15) is 9.59 Å². The molecule has 0 saturated heterocycles. The highest BCUT2D eigenvalue weighted by molar-refractivity contribution is 4.73. The van der Waals surface area contributed by atoms with E-state index in [0.29, 0.717) is 0 Å². The lowest BCUT2D eigenvalue weighted by molar-refractivity contribution is 0.272. The minimum atomic E-state index is -0.777. The third kappa shape index (κ3) is 1.53. The molecule has 0 aliphatic rings. The molecule has 0 atom stereocenters. The summed E-state index contributed by atoms with van der Waals surface area (Å²) < 4.78 is 1.04. The quantitative estimate of drug-likeness (QED) is 0.482. The smallest absolute Gasteiger partial charge is 0.330 e. The van der Waals surface area contributed by atoms with Crippen LogP contribution in [-0.2, 0) is 6.54 Å². The van der Waals surface area contributed by atoms with Crippen LogP contribution in [0, 0.1) is 0 Å². The van der Waals surface area contributed by atoms with Gasteiger partial charge in [-0.05, 0) is 0 Å². The third-order valence-corrected chi connectivity index (χ3v) is 1.16. The Bertz CT molecular complexity index is 339. The van der Waals surface area contributed by atoms with Crippen LogP contribution in [0.3, 0.4) is 0 Å². The first-order valence-electron chi connectivity index (χ1n) is 3.00. The van der Waals surface area contributed by atoms with Crippen molar-refractivity contribution in [2.45, 2.75) is 6.54 Å². The summed E-state index contributed by atoms with van der Waals surface area (Å²) in [5.41, 5.74) is -1.48. The molecule has 0 spiro atoms. The molecular weight excluding hydrogens is 150 g/mol. The zero-order chi connectivity index (χ0) is 8.27. The fourth-order valence-corrected chi connectivity index (χ4v) is 0.655. The van der Waals surface area contributed by atoms with E-state index in [4.69, 9.17) is 5.11 Å². The Balaban J connectivity index is 3.18. The normalized spacial score (nSPS) is 9.91. The zero-order valence-corrected chi connectivity index (χ0v) is 5.65. The fraction of sp³-hybridized carbons (Fsp3) is 0.400. The highest BCUT2D eigenvalue weighted by Gasteiger charge is 1.97. The Morgan fingerprint density at radius 2 is 2.36 bits per heavy atom. The van der Waals surface area contributed by atoms with E-state index in [1.807, 2.05) is 5.10 Å². The molecule has 0 aliphatic carbocycles. The third-order valence-electron chi connectivity index (χ3n) is 1.16. The van der Waals surface area contributed by atoms with Crippen LogP contribution < -0.4 is 11.1 Å². The van der Waals surface area contributed by atoms with E-state index in [1.54, 1.807) is 0 Å². The topological polar surface area (TPSA) is 88.0 Å². The van der Waals surface area contributed by atoms with Gasteiger partial charge in [-0.15, -0.1) is 0 Å². The van der Waals surface area contributed by atoms with Gasteiger partial charge in [0.05, 0.1) is 13.2 Å². The number of rotatable bonds is 2. The van der Waals surface area contributed by atoms with Gasteiger partial charge in [0.2, 0.25) is 0 Å². The maximum atomic E-state index is 10.8. The van der Waals surface area contributed by atoms with Crippen molar-refractivity contribution in [3.63, 3.8) is 0 Å². The van der Waals surface area contributed by atoms with Gasteiger partial charge in [0, 0.05) is 0 Å². The Labute approximate surface area is 61.1 Å². The van der Waals surface area contributed by atoms with Gasteiger partial charge in [-0.3, -0.25) is 14.2 Å². The van der Waals surface area contributed by atoms with Crippen LogP contribution in [0.4, 0.5) is 0 Å². The molecule has 2 N–H and O–H groups in total. The largest absolute Gasteiger partial charge is 0.395 e. The highest BCUT2D eigenvalue weighted by Crippen LogP contribution is 1.69. The van der Waals surface area contributed by atoms with E-state index in [1.165, 1.54) is 6.33 Å². The standard InChI is InChI=1S/C5H7N3O3/c9-2-1-8-3-6-7-4(10)5(8)11/h3,9H,1-2H2,(H,7,10). The van der Waals surface area contributed by atoms with Crippen LogP contribution >= 0.6 is 0 Å². The predicted octanol–water partition coefficient (Wildman–Crippen LogP) is -2.08. The average Bonchev–Trinajstić information content (AvgIpc) is 1.99. The number of aliphatic hydroxyl groups excluding tert-OH is 1. The Kier molecular flexibility index (Phi) is 2.17. The number of nitrogens with zero attached hydrogens (tertiary/aromatic N) is 2. The predicted molar refractivity (Wildman–Crippen MR) is 36.2 cm³/mol. The lowest BCUT2D eigenvalue weighted by atomic mass is 10.6. The molecule has 1 rings (SSSR count). The van der Waals surface area contributed by atoms with Crippen molar-refractivity contribution >= 4 is 0 Å². The minimum Gasteiger partial charge on any atom is -0.395 e. The second-order valence-corrected chi connectivity index (χ2v) is 1.91. The number of hydrogen-bond donors (Lipinski definition) is 2. The minimum absolute atomic E-state index is 0.0930. The van der Waals surface area contributed by atoms with Crippen LogP contribution in [0.1, 0.15) is 0 Å². The highest BCUT2D eigenvalue weighted by atomic mass is 16.3. The molecule has 0 unspecified atom stereocenters. The van der Waals surface area contributed by atoms with Gasteiger partial charge in [0.15, 0.2) is 0 Å². The first-order valence-corrected chi connectivity index (χ1v) is 3.00. The van der Waals surface area contributed by atoms with Crippen molar-refractivity contribution in [2.75, 3.05) is 6.61 Å². The van der Waals surface area contributed by atoms with Gasteiger partial charge in [0.25, 0.3) is 0 Å². The summed E-state index contributed by atoms with van der Waals surface area (Å²) in [7, 11) is 0. The van der Waals surface area contributed by atoms with Gasteiger partial charge in [0.1, 0.15) is 6.33 Å². The number of H-pyrrole nitrogens is 1. The van der Waals surface area contributed by atoms with Crippen LogP contribution in [0.15, 0.2) is 15.9 Å². The molecule has 1 aromatic rings. The molecule has 0 aliphatic heterocycles. The fourth-order valence-electron chi connectivity index (χ4n) is 0.655. The Morgan fingerprint density at radius 1 is 1.64 bits per heavy atom. The molecule has 0 aromatic carbocycles. The van der Waals surface area contributed by atoms with Gasteiger partial charge in [-0.25, -0.2) is 5.10 Å². The molecule has 0 radical (unpaired) electrons. The number of hydrogen-bond acceptors (Lipinski definition) is 4. The SMILES string of the molecule is O=c1[nH]ncn(CCO)c1=O. The molecule has 0 fully saturated rings. The lowest BCUT2D eigenvalue weighted by Gasteiger charge is -1.97. The monoisotopic (exact) mass is 157 g/mol. The van der Waals surface area contributed by atoms with E-state index in [-0.39, 0.29) is 13.2 Å². The van der Waals surface area contributed by atoms with Gasteiger partial charge in [-0.2, -0.15) is 5.10 Å². The van der Waals surface area contributed by atoms with Gasteiger partial charge < -0.3 is 5.11 Å². The summed E-state index contributed by atoms with van der Waals surface area (Å²) in [5, 5.41) is 13.8. The summed E-state index contributed by atoms with van der Waals surface area (Å²) in [4.78, 5) is 21.4. The van der Waals surface area contributed by atoms with Gasteiger partial charge >= 0.3 is 11.1 Å². The molecule has 60 valence electrons. The van der Waals surface area contributed by atoms with Crippen LogP contribution in [0.25, 0.3) is 0 Å². The van der Waals surface area contributed by atoms with Crippen LogP contribution in [-0.4, -0.2) is 26.5 Å². The first-order chi connectivity index (χ1) is 5.25. The number of nitrogens with one attached hydrogen (secondary N) is 1. The van der Waals surface area contributed by atoms with E-state index < -0.39 is 11.1 Å². The molecule has 1 aromatic heterocycles.